The number of rotatable bonds is 2. The van der Waals surface area contributed by atoms with E-state index in [-0.39, 0.29) is 18.4 Å². The number of benzene rings is 2. The van der Waals surface area contributed by atoms with Gasteiger partial charge in [0.15, 0.2) is 0 Å². The van der Waals surface area contributed by atoms with Crippen LogP contribution in [-0.4, -0.2) is 35.1 Å². The normalized spacial score (nSPS) is 16.3. The predicted molar refractivity (Wildman–Crippen MR) is 89.2 cm³/mol. The van der Waals surface area contributed by atoms with E-state index in [9.17, 15) is 9.90 Å². The van der Waals surface area contributed by atoms with E-state index in [1.807, 2.05) is 35.2 Å². The summed E-state index contributed by atoms with van der Waals surface area (Å²) < 4.78 is 5.86. The number of hydrogen-bond acceptors (Lipinski definition) is 3. The summed E-state index contributed by atoms with van der Waals surface area (Å²) in [6, 6.07) is 14.2. The molecule has 2 heterocycles. The van der Waals surface area contributed by atoms with Crippen LogP contribution >= 0.6 is 0 Å². The number of furan rings is 1. The van der Waals surface area contributed by atoms with Crippen molar-refractivity contribution in [1.82, 2.24) is 4.90 Å². The molecule has 2 aromatic carbocycles. The quantitative estimate of drug-likeness (QED) is 0.791. The van der Waals surface area contributed by atoms with Gasteiger partial charge in [-0.15, -0.1) is 0 Å². The molecule has 0 atom stereocenters. The molecule has 118 valence electrons. The third kappa shape index (κ3) is 2.70. The van der Waals surface area contributed by atoms with E-state index in [0.717, 1.165) is 16.4 Å². The first kappa shape index (κ1) is 14.3. The molecule has 23 heavy (non-hydrogen) atoms. The summed E-state index contributed by atoms with van der Waals surface area (Å²) in [5, 5.41) is 12.9. The van der Waals surface area contributed by atoms with Crippen LogP contribution in [0.2, 0.25) is 0 Å². The summed E-state index contributed by atoms with van der Waals surface area (Å²) in [7, 11) is 0. The van der Waals surface area contributed by atoms with E-state index in [2.05, 4.69) is 12.1 Å². The van der Waals surface area contributed by atoms with Crippen LogP contribution in [0.3, 0.4) is 0 Å². The van der Waals surface area contributed by atoms with Gasteiger partial charge in [0.1, 0.15) is 11.3 Å². The Bertz CT molecular complexity index is 859. The van der Waals surface area contributed by atoms with Gasteiger partial charge < -0.3 is 14.4 Å². The second kappa shape index (κ2) is 5.70. The Kier molecular flexibility index (Phi) is 3.54. The van der Waals surface area contributed by atoms with Crippen molar-refractivity contribution in [1.29, 1.82) is 0 Å². The van der Waals surface area contributed by atoms with Crippen LogP contribution in [0, 0.1) is 0 Å². The zero-order valence-electron chi connectivity index (χ0n) is 12.9. The predicted octanol–water partition coefficient (Wildman–Crippen LogP) is 3.11. The van der Waals surface area contributed by atoms with Gasteiger partial charge in [-0.1, -0.05) is 30.3 Å². The molecule has 3 aromatic rings. The van der Waals surface area contributed by atoms with Crippen molar-refractivity contribution in [3.8, 4) is 0 Å². The van der Waals surface area contributed by atoms with Crippen LogP contribution in [0.15, 0.2) is 46.9 Å². The molecule has 1 aliphatic heterocycles. The maximum absolute atomic E-state index is 12.4. The first-order valence-electron chi connectivity index (χ1n) is 8.07. The molecule has 0 unspecified atom stereocenters. The number of hydrogen-bond donors (Lipinski definition) is 1. The number of nitrogens with zero attached hydrogens (tertiary/aromatic N) is 1. The lowest BCUT2D eigenvalue weighted by Gasteiger charge is -2.29. The minimum absolute atomic E-state index is 0.0697. The minimum atomic E-state index is -0.267. The number of fused-ring (bicyclic) bond motifs is 3. The number of piperidine rings is 1. The van der Waals surface area contributed by atoms with Crippen LogP contribution in [0.1, 0.15) is 18.6 Å². The Morgan fingerprint density at radius 3 is 2.74 bits per heavy atom. The lowest BCUT2D eigenvalue weighted by molar-refractivity contribution is -0.132. The van der Waals surface area contributed by atoms with Crippen molar-refractivity contribution in [2.75, 3.05) is 13.1 Å². The van der Waals surface area contributed by atoms with Gasteiger partial charge >= 0.3 is 0 Å². The van der Waals surface area contributed by atoms with Gasteiger partial charge in [-0.3, -0.25) is 4.79 Å². The first-order chi connectivity index (χ1) is 11.2. The van der Waals surface area contributed by atoms with Crippen molar-refractivity contribution in [2.45, 2.75) is 25.4 Å². The molecule has 0 radical (unpaired) electrons. The van der Waals surface area contributed by atoms with Crippen LogP contribution in [-0.2, 0) is 11.2 Å². The molecule has 0 aliphatic carbocycles. The summed E-state index contributed by atoms with van der Waals surface area (Å²) in [4.78, 5) is 14.2. The van der Waals surface area contributed by atoms with E-state index in [1.165, 1.54) is 5.39 Å². The van der Waals surface area contributed by atoms with Crippen molar-refractivity contribution in [2.24, 2.45) is 0 Å². The van der Waals surface area contributed by atoms with Crippen LogP contribution in [0.25, 0.3) is 21.7 Å². The van der Waals surface area contributed by atoms with Gasteiger partial charge in [0, 0.05) is 18.5 Å². The number of carbonyl (C=O) groups is 1. The number of likely N-dealkylation sites (tertiary alicyclic amines) is 1. The maximum atomic E-state index is 12.4. The molecule has 0 spiro atoms. The molecule has 4 heteroatoms. The van der Waals surface area contributed by atoms with Crippen molar-refractivity contribution < 1.29 is 14.3 Å². The second-order valence-corrected chi connectivity index (χ2v) is 6.20. The molecule has 1 amide bonds. The lowest BCUT2D eigenvalue weighted by Crippen LogP contribution is -2.40. The van der Waals surface area contributed by atoms with E-state index in [4.69, 9.17) is 4.42 Å². The van der Waals surface area contributed by atoms with E-state index >= 15 is 0 Å². The highest BCUT2D eigenvalue weighted by atomic mass is 16.3. The Morgan fingerprint density at radius 2 is 1.91 bits per heavy atom. The summed E-state index contributed by atoms with van der Waals surface area (Å²) in [6.07, 6.45) is 1.34. The fraction of sp³-hybridized carbons (Fsp3) is 0.316. The summed E-state index contributed by atoms with van der Waals surface area (Å²) in [5.41, 5.74) is 0.820. The standard InChI is InChI=1S/C19H19NO3/c21-14-7-9-20(10-8-14)19(22)12-15-11-17-16-4-2-1-3-13(16)5-6-18(17)23-15/h1-6,11,14,21H,7-10,12H2. The summed E-state index contributed by atoms with van der Waals surface area (Å²) in [6.45, 7) is 1.26. The van der Waals surface area contributed by atoms with Gasteiger partial charge in [-0.05, 0) is 35.7 Å². The van der Waals surface area contributed by atoms with Crippen LogP contribution < -0.4 is 0 Å². The average molecular weight is 309 g/mol. The zero-order chi connectivity index (χ0) is 15.8. The molecule has 1 N–H and O–H groups in total. The molecule has 0 bridgehead atoms. The number of amides is 1. The van der Waals surface area contributed by atoms with Gasteiger partial charge in [-0.2, -0.15) is 0 Å². The highest BCUT2D eigenvalue weighted by Gasteiger charge is 2.22. The Labute approximate surface area is 134 Å². The van der Waals surface area contributed by atoms with E-state index in [0.29, 0.717) is 31.7 Å². The zero-order valence-corrected chi connectivity index (χ0v) is 12.9. The number of aliphatic hydroxyl groups is 1. The van der Waals surface area contributed by atoms with Crippen LogP contribution in [0.5, 0.6) is 0 Å². The molecule has 1 aliphatic rings. The molecule has 4 nitrogen and oxygen atoms in total. The van der Waals surface area contributed by atoms with E-state index < -0.39 is 0 Å². The van der Waals surface area contributed by atoms with Crippen LogP contribution in [0.4, 0.5) is 0 Å². The fourth-order valence-electron chi connectivity index (χ4n) is 3.31. The maximum Gasteiger partial charge on any atom is 0.230 e. The molecule has 4 rings (SSSR count). The highest BCUT2D eigenvalue weighted by Crippen LogP contribution is 2.28. The lowest BCUT2D eigenvalue weighted by atomic mass is 10.1. The SMILES string of the molecule is O=C(Cc1cc2c(ccc3ccccc32)o1)N1CCC(O)CC1. The molecule has 1 saturated heterocycles. The van der Waals surface area contributed by atoms with Gasteiger partial charge in [0.2, 0.25) is 5.91 Å². The Hall–Kier alpha value is -2.33. The van der Waals surface area contributed by atoms with Crippen molar-refractivity contribution in [3.05, 3.63) is 48.2 Å². The molecule has 1 fully saturated rings. The van der Waals surface area contributed by atoms with Gasteiger partial charge in [-0.25, -0.2) is 0 Å². The minimum Gasteiger partial charge on any atom is -0.461 e. The van der Waals surface area contributed by atoms with Crippen molar-refractivity contribution in [3.63, 3.8) is 0 Å². The molecular formula is C19H19NO3. The van der Waals surface area contributed by atoms with E-state index in [1.54, 1.807) is 0 Å². The molecule has 1 aromatic heterocycles. The number of aliphatic hydroxyl groups excluding tert-OH is 1. The summed E-state index contributed by atoms with van der Waals surface area (Å²) >= 11 is 0. The third-order valence-corrected chi connectivity index (χ3v) is 4.62. The second-order valence-electron chi connectivity index (χ2n) is 6.20. The highest BCUT2D eigenvalue weighted by molar-refractivity contribution is 6.06. The molecule has 0 saturated carbocycles. The topological polar surface area (TPSA) is 53.7 Å². The Balaban J connectivity index is 1.60. The molecular weight excluding hydrogens is 290 g/mol. The smallest absolute Gasteiger partial charge is 0.230 e. The van der Waals surface area contributed by atoms with Crippen molar-refractivity contribution >= 4 is 27.6 Å². The number of carbonyl (C=O) groups excluding carboxylic acids is 1. The fourth-order valence-corrected chi connectivity index (χ4v) is 3.31. The first-order valence-corrected chi connectivity index (χ1v) is 8.07. The monoisotopic (exact) mass is 309 g/mol. The summed E-state index contributed by atoms with van der Waals surface area (Å²) in [5.74, 6) is 0.771. The third-order valence-electron chi connectivity index (χ3n) is 4.62. The largest absolute Gasteiger partial charge is 0.461 e. The van der Waals surface area contributed by atoms with Gasteiger partial charge in [0.05, 0.1) is 12.5 Å². The van der Waals surface area contributed by atoms with Gasteiger partial charge in [0.25, 0.3) is 0 Å². The Morgan fingerprint density at radius 1 is 1.13 bits per heavy atom. The average Bonchev–Trinajstić information content (AvgIpc) is 2.98.